The molecule has 1 heterocycles. The predicted molar refractivity (Wildman–Crippen MR) is 56.7 cm³/mol. The number of aliphatic carboxylic acids is 1. The summed E-state index contributed by atoms with van der Waals surface area (Å²) >= 11 is 0. The van der Waals surface area contributed by atoms with E-state index in [1.54, 1.807) is 0 Å². The Morgan fingerprint density at radius 3 is 2.47 bits per heavy atom. The lowest BCUT2D eigenvalue weighted by Crippen LogP contribution is -2.35. The summed E-state index contributed by atoms with van der Waals surface area (Å²) in [5.41, 5.74) is 0.239. The van der Waals surface area contributed by atoms with Crippen molar-refractivity contribution in [2.24, 2.45) is 5.41 Å². The number of carbonyl (C=O) groups is 1. The van der Waals surface area contributed by atoms with E-state index in [1.165, 1.54) is 32.1 Å². The molecule has 3 nitrogen and oxygen atoms in total. The average Bonchev–Trinajstić information content (AvgIpc) is 2.68. The van der Waals surface area contributed by atoms with Crippen molar-refractivity contribution >= 4 is 5.97 Å². The lowest BCUT2D eigenvalue weighted by atomic mass is 9.71. The molecule has 0 radical (unpaired) electrons. The molecule has 1 N–H and O–H groups in total. The summed E-state index contributed by atoms with van der Waals surface area (Å²) in [6.07, 6.45) is 7.51. The molecule has 2 fully saturated rings. The molecule has 0 aromatic carbocycles. The molecule has 1 saturated carbocycles. The van der Waals surface area contributed by atoms with Gasteiger partial charge in [0.15, 0.2) is 6.10 Å². The quantitative estimate of drug-likeness (QED) is 0.765. The number of carboxylic acid groups (broad SMARTS) is 1. The van der Waals surface area contributed by atoms with Crippen LogP contribution in [0.1, 0.15) is 51.9 Å². The third kappa shape index (κ3) is 2.17. The summed E-state index contributed by atoms with van der Waals surface area (Å²) in [4.78, 5) is 10.8. The Balaban J connectivity index is 1.97. The van der Waals surface area contributed by atoms with Crippen LogP contribution in [0.5, 0.6) is 0 Å². The van der Waals surface area contributed by atoms with Crippen LogP contribution in [0.2, 0.25) is 0 Å². The minimum atomic E-state index is -0.795. The third-order valence-corrected chi connectivity index (χ3v) is 4.07. The van der Waals surface area contributed by atoms with E-state index < -0.39 is 12.1 Å². The molecule has 3 heteroatoms. The van der Waals surface area contributed by atoms with Crippen molar-refractivity contribution in [1.82, 2.24) is 0 Å². The van der Waals surface area contributed by atoms with Gasteiger partial charge in [-0.1, -0.05) is 26.2 Å². The highest BCUT2D eigenvalue weighted by Gasteiger charge is 2.42. The van der Waals surface area contributed by atoms with Gasteiger partial charge in [0.25, 0.3) is 0 Å². The van der Waals surface area contributed by atoms with E-state index in [9.17, 15) is 4.79 Å². The van der Waals surface area contributed by atoms with Gasteiger partial charge in [0.05, 0.1) is 6.10 Å². The highest BCUT2D eigenvalue weighted by Crippen LogP contribution is 2.44. The van der Waals surface area contributed by atoms with Gasteiger partial charge in [0, 0.05) is 0 Å². The third-order valence-electron chi connectivity index (χ3n) is 4.07. The fourth-order valence-electron chi connectivity index (χ4n) is 3.01. The fourth-order valence-corrected chi connectivity index (χ4v) is 3.01. The monoisotopic (exact) mass is 212 g/mol. The smallest absolute Gasteiger partial charge is 0.332 e. The summed E-state index contributed by atoms with van der Waals surface area (Å²) in [7, 11) is 0. The van der Waals surface area contributed by atoms with Gasteiger partial charge >= 0.3 is 5.97 Å². The molecule has 86 valence electrons. The molecule has 0 aromatic rings. The summed E-state index contributed by atoms with van der Waals surface area (Å²) in [6.45, 7) is 2.26. The Kier molecular flexibility index (Phi) is 3.01. The summed E-state index contributed by atoms with van der Waals surface area (Å²) < 4.78 is 5.67. The van der Waals surface area contributed by atoms with Gasteiger partial charge in [-0.3, -0.25) is 0 Å². The molecule has 0 amide bonds. The molecule has 2 rings (SSSR count). The van der Waals surface area contributed by atoms with Gasteiger partial charge in [0.1, 0.15) is 0 Å². The van der Waals surface area contributed by atoms with Gasteiger partial charge in [-0.15, -0.1) is 0 Å². The SMILES string of the molecule is CC1(C2CCC(C(=O)O)O2)CCCCC1. The van der Waals surface area contributed by atoms with Crippen molar-refractivity contribution in [3.05, 3.63) is 0 Å². The van der Waals surface area contributed by atoms with Crippen molar-refractivity contribution < 1.29 is 14.6 Å². The molecule has 1 aliphatic carbocycles. The van der Waals surface area contributed by atoms with Crippen LogP contribution in [0.4, 0.5) is 0 Å². The lowest BCUT2D eigenvalue weighted by Gasteiger charge is -2.38. The summed E-state index contributed by atoms with van der Waals surface area (Å²) in [5.74, 6) is -0.795. The van der Waals surface area contributed by atoms with E-state index in [4.69, 9.17) is 9.84 Å². The Hall–Kier alpha value is -0.570. The van der Waals surface area contributed by atoms with Crippen LogP contribution >= 0.6 is 0 Å². The standard InChI is InChI=1S/C12H20O3/c1-12(7-3-2-4-8-12)10-6-5-9(15-10)11(13)14/h9-10H,2-8H2,1H3,(H,13,14). The van der Waals surface area contributed by atoms with Gasteiger partial charge in [0.2, 0.25) is 0 Å². The maximum absolute atomic E-state index is 10.8. The number of hydrogen-bond acceptors (Lipinski definition) is 2. The molecule has 1 aliphatic heterocycles. The zero-order valence-corrected chi connectivity index (χ0v) is 9.37. The van der Waals surface area contributed by atoms with Crippen LogP contribution in [-0.2, 0) is 9.53 Å². The highest BCUT2D eigenvalue weighted by atomic mass is 16.5. The Morgan fingerprint density at radius 2 is 1.93 bits per heavy atom. The van der Waals surface area contributed by atoms with Crippen molar-refractivity contribution in [1.29, 1.82) is 0 Å². The van der Waals surface area contributed by atoms with E-state index in [2.05, 4.69) is 6.92 Å². The van der Waals surface area contributed by atoms with E-state index in [0.717, 1.165) is 6.42 Å². The Bertz CT molecular complexity index is 243. The average molecular weight is 212 g/mol. The molecule has 2 atom stereocenters. The molecule has 1 saturated heterocycles. The van der Waals surface area contributed by atoms with Crippen LogP contribution in [0, 0.1) is 5.41 Å². The van der Waals surface area contributed by atoms with Crippen molar-refractivity contribution in [3.63, 3.8) is 0 Å². The summed E-state index contributed by atoms with van der Waals surface area (Å²) in [5, 5.41) is 8.89. The van der Waals surface area contributed by atoms with Crippen LogP contribution in [0.3, 0.4) is 0 Å². The Labute approximate surface area is 90.8 Å². The van der Waals surface area contributed by atoms with Crippen molar-refractivity contribution in [2.45, 2.75) is 64.1 Å². The van der Waals surface area contributed by atoms with E-state index in [0.29, 0.717) is 6.42 Å². The van der Waals surface area contributed by atoms with Crippen LogP contribution in [0.25, 0.3) is 0 Å². The first-order chi connectivity index (χ1) is 7.12. The number of rotatable bonds is 2. The Morgan fingerprint density at radius 1 is 1.27 bits per heavy atom. The number of hydrogen-bond donors (Lipinski definition) is 1. The van der Waals surface area contributed by atoms with Crippen molar-refractivity contribution in [3.8, 4) is 0 Å². The van der Waals surface area contributed by atoms with Crippen LogP contribution in [-0.4, -0.2) is 23.3 Å². The second kappa shape index (κ2) is 4.12. The van der Waals surface area contributed by atoms with Gasteiger partial charge in [-0.2, -0.15) is 0 Å². The first kappa shape index (κ1) is 10.9. The van der Waals surface area contributed by atoms with Gasteiger partial charge in [-0.05, 0) is 31.1 Å². The zero-order valence-electron chi connectivity index (χ0n) is 9.37. The fraction of sp³-hybridized carbons (Fsp3) is 0.917. The van der Waals surface area contributed by atoms with Crippen LogP contribution < -0.4 is 0 Å². The second-order valence-corrected chi connectivity index (χ2v) is 5.24. The molecule has 0 bridgehead atoms. The lowest BCUT2D eigenvalue weighted by molar-refractivity contribution is -0.153. The molecule has 0 spiro atoms. The first-order valence-corrected chi connectivity index (χ1v) is 6.00. The number of ether oxygens (including phenoxy) is 1. The van der Waals surface area contributed by atoms with Crippen molar-refractivity contribution in [2.75, 3.05) is 0 Å². The molecule has 0 aromatic heterocycles. The summed E-state index contributed by atoms with van der Waals surface area (Å²) in [6, 6.07) is 0. The minimum absolute atomic E-state index is 0.180. The molecule has 15 heavy (non-hydrogen) atoms. The molecule has 2 aliphatic rings. The normalized spacial score (nSPS) is 35.3. The molecular formula is C12H20O3. The van der Waals surface area contributed by atoms with Crippen LogP contribution in [0.15, 0.2) is 0 Å². The minimum Gasteiger partial charge on any atom is -0.479 e. The van der Waals surface area contributed by atoms with Gasteiger partial charge < -0.3 is 9.84 Å². The topological polar surface area (TPSA) is 46.5 Å². The first-order valence-electron chi connectivity index (χ1n) is 6.00. The largest absolute Gasteiger partial charge is 0.479 e. The molecular weight excluding hydrogens is 192 g/mol. The number of carboxylic acids is 1. The zero-order chi connectivity index (χ0) is 10.9. The maximum Gasteiger partial charge on any atom is 0.332 e. The van der Waals surface area contributed by atoms with E-state index in [1.807, 2.05) is 0 Å². The van der Waals surface area contributed by atoms with Gasteiger partial charge in [-0.25, -0.2) is 4.79 Å². The highest BCUT2D eigenvalue weighted by molar-refractivity contribution is 5.72. The maximum atomic E-state index is 10.8. The van der Waals surface area contributed by atoms with E-state index in [-0.39, 0.29) is 11.5 Å². The van der Waals surface area contributed by atoms with E-state index >= 15 is 0 Å². The second-order valence-electron chi connectivity index (χ2n) is 5.24. The molecule has 2 unspecified atom stereocenters. The predicted octanol–water partition coefficient (Wildman–Crippen LogP) is 2.59.